The molecule has 0 radical (unpaired) electrons. The maximum Gasteiger partial charge on any atom is 0.131 e. The van der Waals surface area contributed by atoms with Crippen molar-refractivity contribution in [3.63, 3.8) is 0 Å². The summed E-state index contributed by atoms with van der Waals surface area (Å²) in [6, 6.07) is 3.72. The predicted molar refractivity (Wildman–Crippen MR) is 66.2 cm³/mol. The number of rotatable bonds is 5. The molecule has 1 saturated carbocycles. The largest absolute Gasteiger partial charge is 0.392 e. The summed E-state index contributed by atoms with van der Waals surface area (Å²) in [5.41, 5.74) is 0.0898. The third-order valence-electron chi connectivity index (χ3n) is 3.80. The summed E-state index contributed by atoms with van der Waals surface area (Å²) in [6.45, 7) is 2.34. The molecule has 0 saturated heterocycles. The average molecular weight is 255 g/mol. The second kappa shape index (κ2) is 5.33. The monoisotopic (exact) mass is 255 g/mol. The molecule has 2 N–H and O–H groups in total. The van der Waals surface area contributed by atoms with E-state index in [9.17, 15) is 13.9 Å². The highest BCUT2D eigenvalue weighted by Crippen LogP contribution is 2.42. The fourth-order valence-corrected chi connectivity index (χ4v) is 2.41. The lowest BCUT2D eigenvalue weighted by Crippen LogP contribution is -2.51. The van der Waals surface area contributed by atoms with Gasteiger partial charge >= 0.3 is 0 Å². The quantitative estimate of drug-likeness (QED) is 0.848. The van der Waals surface area contributed by atoms with E-state index < -0.39 is 23.3 Å². The fourth-order valence-electron chi connectivity index (χ4n) is 2.41. The molecule has 1 aromatic rings. The number of aliphatic hydroxyl groups is 1. The second-order valence-electron chi connectivity index (χ2n) is 5.00. The van der Waals surface area contributed by atoms with Crippen molar-refractivity contribution in [2.45, 2.75) is 44.2 Å². The molecule has 0 bridgehead atoms. The molecular weight excluding hydrogens is 236 g/mol. The molecule has 0 heterocycles. The maximum atomic E-state index is 13.8. The number of aliphatic hydroxyl groups excluding tert-OH is 1. The first kappa shape index (κ1) is 13.4. The van der Waals surface area contributed by atoms with Gasteiger partial charge in [-0.1, -0.05) is 13.0 Å². The first-order chi connectivity index (χ1) is 8.57. The lowest BCUT2D eigenvalue weighted by Gasteiger charge is -2.44. The summed E-state index contributed by atoms with van der Waals surface area (Å²) in [4.78, 5) is 0. The van der Waals surface area contributed by atoms with E-state index in [0.29, 0.717) is 18.5 Å². The van der Waals surface area contributed by atoms with Gasteiger partial charge in [0.15, 0.2) is 0 Å². The molecule has 0 amide bonds. The Morgan fingerprint density at radius 2 is 2.11 bits per heavy atom. The SMILES string of the molecule is CC[C@@H](O)CNC1(c2ccc(F)cc2F)CCC1. The molecule has 100 valence electrons. The lowest BCUT2D eigenvalue weighted by atomic mass is 9.71. The number of hydrogen-bond donors (Lipinski definition) is 2. The van der Waals surface area contributed by atoms with Crippen molar-refractivity contribution in [1.29, 1.82) is 0 Å². The Balaban J connectivity index is 2.16. The van der Waals surface area contributed by atoms with E-state index in [1.807, 2.05) is 6.92 Å². The van der Waals surface area contributed by atoms with E-state index in [4.69, 9.17) is 0 Å². The Bertz CT molecular complexity index is 418. The molecule has 0 aliphatic heterocycles. The highest BCUT2D eigenvalue weighted by molar-refractivity contribution is 5.29. The van der Waals surface area contributed by atoms with Crippen LogP contribution in [0.2, 0.25) is 0 Å². The molecule has 1 aliphatic carbocycles. The van der Waals surface area contributed by atoms with Crippen molar-refractivity contribution in [1.82, 2.24) is 5.32 Å². The van der Waals surface area contributed by atoms with E-state index >= 15 is 0 Å². The zero-order valence-corrected chi connectivity index (χ0v) is 10.5. The summed E-state index contributed by atoms with van der Waals surface area (Å²) < 4.78 is 26.8. The van der Waals surface area contributed by atoms with Crippen LogP contribution in [0.1, 0.15) is 38.2 Å². The van der Waals surface area contributed by atoms with Crippen LogP contribution in [0.3, 0.4) is 0 Å². The van der Waals surface area contributed by atoms with Crippen LogP contribution in [0.25, 0.3) is 0 Å². The van der Waals surface area contributed by atoms with Crippen LogP contribution in [0, 0.1) is 11.6 Å². The standard InChI is InChI=1S/C14H19F2NO/c1-2-11(18)9-17-14(6-3-7-14)12-5-4-10(15)8-13(12)16/h4-5,8,11,17-18H,2-3,6-7,9H2,1H3/t11-/m1/s1. The van der Waals surface area contributed by atoms with E-state index in [1.54, 1.807) is 0 Å². The fraction of sp³-hybridized carbons (Fsp3) is 0.571. The normalized spacial score (nSPS) is 19.3. The third-order valence-corrected chi connectivity index (χ3v) is 3.80. The van der Waals surface area contributed by atoms with Crippen molar-refractivity contribution < 1.29 is 13.9 Å². The van der Waals surface area contributed by atoms with E-state index in [0.717, 1.165) is 25.3 Å². The second-order valence-corrected chi connectivity index (χ2v) is 5.00. The van der Waals surface area contributed by atoms with Crippen LogP contribution in [0.5, 0.6) is 0 Å². The zero-order valence-electron chi connectivity index (χ0n) is 10.5. The molecule has 0 spiro atoms. The summed E-state index contributed by atoms with van der Waals surface area (Å²) in [5.74, 6) is -1.06. The van der Waals surface area contributed by atoms with Crippen molar-refractivity contribution in [2.24, 2.45) is 0 Å². The van der Waals surface area contributed by atoms with E-state index in [1.165, 1.54) is 12.1 Å². The Morgan fingerprint density at radius 1 is 1.39 bits per heavy atom. The van der Waals surface area contributed by atoms with Gasteiger partial charge in [0.2, 0.25) is 0 Å². The minimum absolute atomic E-state index is 0.423. The van der Waals surface area contributed by atoms with Gasteiger partial charge in [-0.15, -0.1) is 0 Å². The van der Waals surface area contributed by atoms with Gasteiger partial charge in [0.1, 0.15) is 11.6 Å². The van der Waals surface area contributed by atoms with Gasteiger partial charge in [-0.2, -0.15) is 0 Å². The summed E-state index contributed by atoms with van der Waals surface area (Å²) >= 11 is 0. The van der Waals surface area contributed by atoms with Crippen molar-refractivity contribution in [2.75, 3.05) is 6.54 Å². The van der Waals surface area contributed by atoms with Crippen LogP contribution in [0.4, 0.5) is 8.78 Å². The number of nitrogens with one attached hydrogen (secondary N) is 1. The van der Waals surface area contributed by atoms with Crippen LogP contribution < -0.4 is 5.32 Å². The Morgan fingerprint density at radius 3 is 2.61 bits per heavy atom. The minimum Gasteiger partial charge on any atom is -0.392 e. The highest BCUT2D eigenvalue weighted by atomic mass is 19.1. The molecule has 1 aromatic carbocycles. The van der Waals surface area contributed by atoms with Crippen LogP contribution in [-0.2, 0) is 5.54 Å². The first-order valence-electron chi connectivity index (χ1n) is 6.46. The molecule has 0 aromatic heterocycles. The molecule has 1 aliphatic rings. The van der Waals surface area contributed by atoms with Gasteiger partial charge in [0.25, 0.3) is 0 Å². The van der Waals surface area contributed by atoms with Crippen LogP contribution in [-0.4, -0.2) is 17.8 Å². The maximum absolute atomic E-state index is 13.8. The van der Waals surface area contributed by atoms with Gasteiger partial charge in [-0.05, 0) is 31.7 Å². The van der Waals surface area contributed by atoms with E-state index in [2.05, 4.69) is 5.32 Å². The van der Waals surface area contributed by atoms with Gasteiger partial charge < -0.3 is 10.4 Å². The molecule has 2 rings (SSSR count). The number of hydrogen-bond acceptors (Lipinski definition) is 2. The van der Waals surface area contributed by atoms with Gasteiger partial charge in [0.05, 0.1) is 6.10 Å². The third kappa shape index (κ3) is 2.54. The molecular formula is C14H19F2NO. The number of benzene rings is 1. The number of halogens is 2. The molecule has 18 heavy (non-hydrogen) atoms. The van der Waals surface area contributed by atoms with Crippen molar-refractivity contribution in [3.8, 4) is 0 Å². The smallest absolute Gasteiger partial charge is 0.131 e. The minimum atomic E-state index is -0.556. The molecule has 0 unspecified atom stereocenters. The highest BCUT2D eigenvalue weighted by Gasteiger charge is 2.40. The first-order valence-corrected chi connectivity index (χ1v) is 6.46. The molecule has 1 atom stereocenters. The Kier molecular flexibility index (Phi) is 3.97. The Hall–Kier alpha value is -1.00. The lowest BCUT2D eigenvalue weighted by molar-refractivity contribution is 0.116. The summed E-state index contributed by atoms with van der Waals surface area (Å²) in [5, 5.41) is 12.8. The molecule has 2 nitrogen and oxygen atoms in total. The van der Waals surface area contributed by atoms with Gasteiger partial charge in [-0.3, -0.25) is 0 Å². The van der Waals surface area contributed by atoms with Crippen LogP contribution in [0.15, 0.2) is 18.2 Å². The zero-order chi connectivity index (χ0) is 13.2. The predicted octanol–water partition coefficient (Wildman–Crippen LogP) is 2.70. The Labute approximate surface area is 106 Å². The van der Waals surface area contributed by atoms with Crippen molar-refractivity contribution >= 4 is 0 Å². The topological polar surface area (TPSA) is 32.3 Å². The summed E-state index contributed by atoms with van der Waals surface area (Å²) in [7, 11) is 0. The van der Waals surface area contributed by atoms with E-state index in [-0.39, 0.29) is 0 Å². The molecule has 1 fully saturated rings. The molecule has 4 heteroatoms. The van der Waals surface area contributed by atoms with Gasteiger partial charge in [-0.25, -0.2) is 8.78 Å². The summed E-state index contributed by atoms with van der Waals surface area (Å²) in [6.07, 6.45) is 2.91. The van der Waals surface area contributed by atoms with Gasteiger partial charge in [0, 0.05) is 23.7 Å². The van der Waals surface area contributed by atoms with Crippen LogP contribution >= 0.6 is 0 Å². The average Bonchev–Trinajstić information content (AvgIpc) is 2.29. The van der Waals surface area contributed by atoms with Crippen molar-refractivity contribution in [3.05, 3.63) is 35.4 Å².